The number of hydrogen-bond acceptors (Lipinski definition) is 5. The minimum absolute atomic E-state index is 0.0231. The molecule has 1 amide bonds. The maximum atomic E-state index is 11.9. The molecule has 7 heteroatoms. The number of aryl methyl sites for hydroxylation is 1. The molecule has 0 aliphatic carbocycles. The molecule has 22 heavy (non-hydrogen) atoms. The van der Waals surface area contributed by atoms with Crippen LogP contribution >= 0.6 is 11.8 Å². The molecule has 6 nitrogen and oxygen atoms in total. The third kappa shape index (κ3) is 3.91. The summed E-state index contributed by atoms with van der Waals surface area (Å²) in [6.07, 6.45) is 3.68. The van der Waals surface area contributed by atoms with Crippen LogP contribution in [0.25, 0.3) is 11.4 Å². The Morgan fingerprint density at radius 2 is 2.27 bits per heavy atom. The predicted molar refractivity (Wildman–Crippen MR) is 86.7 cm³/mol. The maximum absolute atomic E-state index is 11.9. The molecular weight excluding hydrogens is 300 g/mol. The van der Waals surface area contributed by atoms with Crippen molar-refractivity contribution in [2.45, 2.75) is 44.8 Å². The van der Waals surface area contributed by atoms with Gasteiger partial charge in [0.2, 0.25) is 5.91 Å². The van der Waals surface area contributed by atoms with Gasteiger partial charge in [0, 0.05) is 13.1 Å². The first-order valence-electron chi connectivity index (χ1n) is 7.39. The number of aromatic nitrogens is 3. The van der Waals surface area contributed by atoms with E-state index in [4.69, 9.17) is 4.42 Å². The fourth-order valence-corrected chi connectivity index (χ4v) is 2.97. The van der Waals surface area contributed by atoms with Crippen molar-refractivity contribution in [1.29, 1.82) is 0 Å². The fraction of sp³-hybridized carbons (Fsp3) is 0.533. The van der Waals surface area contributed by atoms with Crippen LogP contribution < -0.4 is 5.32 Å². The van der Waals surface area contributed by atoms with E-state index >= 15 is 0 Å². The Labute approximate surface area is 134 Å². The summed E-state index contributed by atoms with van der Waals surface area (Å²) in [5, 5.41) is 12.0. The standard InChI is InChI=1S/C15H22N4O2S/c1-5-6-10(2)16-13(20)9-22-15-18-17-14(19(15)4)12-7-8-21-11(12)3/h7-8,10H,5-6,9H2,1-4H3,(H,16,20)/t10-/m0/s1. The predicted octanol–water partition coefficient (Wildman–Crippen LogP) is 2.78. The quantitative estimate of drug-likeness (QED) is 0.794. The van der Waals surface area contributed by atoms with Crippen molar-refractivity contribution < 1.29 is 9.21 Å². The summed E-state index contributed by atoms with van der Waals surface area (Å²) in [4.78, 5) is 11.9. The van der Waals surface area contributed by atoms with Crippen molar-refractivity contribution in [2.24, 2.45) is 7.05 Å². The molecule has 0 radical (unpaired) electrons. The number of carbonyl (C=O) groups excluding carboxylic acids is 1. The summed E-state index contributed by atoms with van der Waals surface area (Å²) in [5.41, 5.74) is 0.919. The lowest BCUT2D eigenvalue weighted by Crippen LogP contribution is -2.33. The van der Waals surface area contributed by atoms with Gasteiger partial charge in [0.1, 0.15) is 5.76 Å². The molecular formula is C15H22N4O2S. The SMILES string of the molecule is CCC[C@H](C)NC(=O)CSc1nnc(-c2ccoc2C)n1C. The third-order valence-electron chi connectivity index (χ3n) is 3.40. The molecule has 0 spiro atoms. The van der Waals surface area contributed by atoms with E-state index in [-0.39, 0.29) is 11.9 Å². The van der Waals surface area contributed by atoms with E-state index in [1.54, 1.807) is 6.26 Å². The Morgan fingerprint density at radius 3 is 2.91 bits per heavy atom. The van der Waals surface area contributed by atoms with Gasteiger partial charge in [-0.25, -0.2) is 0 Å². The highest BCUT2D eigenvalue weighted by molar-refractivity contribution is 7.99. The van der Waals surface area contributed by atoms with Crippen LogP contribution in [-0.2, 0) is 11.8 Å². The Kier molecular flexibility index (Phi) is 5.65. The first kappa shape index (κ1) is 16.6. The van der Waals surface area contributed by atoms with E-state index < -0.39 is 0 Å². The second-order valence-electron chi connectivity index (χ2n) is 5.30. The molecule has 0 aliphatic heterocycles. The lowest BCUT2D eigenvalue weighted by molar-refractivity contribution is -0.119. The zero-order chi connectivity index (χ0) is 16.1. The van der Waals surface area contributed by atoms with Crippen molar-refractivity contribution in [3.05, 3.63) is 18.1 Å². The Bertz CT molecular complexity index is 635. The van der Waals surface area contributed by atoms with Crippen molar-refractivity contribution in [3.63, 3.8) is 0 Å². The first-order valence-corrected chi connectivity index (χ1v) is 8.37. The molecule has 0 unspecified atom stereocenters. The molecule has 120 valence electrons. The maximum Gasteiger partial charge on any atom is 0.230 e. The molecule has 0 aromatic carbocycles. The highest BCUT2D eigenvalue weighted by atomic mass is 32.2. The van der Waals surface area contributed by atoms with Crippen LogP contribution in [0.2, 0.25) is 0 Å². The minimum Gasteiger partial charge on any atom is -0.469 e. The number of furan rings is 1. The number of carbonyl (C=O) groups is 1. The number of amides is 1. The molecule has 0 bridgehead atoms. The summed E-state index contributed by atoms with van der Waals surface area (Å²) in [5.74, 6) is 1.91. The van der Waals surface area contributed by atoms with E-state index in [1.807, 2.05) is 31.5 Å². The average molecular weight is 322 g/mol. The highest BCUT2D eigenvalue weighted by Gasteiger charge is 2.16. The molecule has 2 heterocycles. The smallest absolute Gasteiger partial charge is 0.230 e. The van der Waals surface area contributed by atoms with Crippen molar-refractivity contribution in [1.82, 2.24) is 20.1 Å². The third-order valence-corrected chi connectivity index (χ3v) is 4.42. The van der Waals surface area contributed by atoms with Crippen LogP contribution in [0.4, 0.5) is 0 Å². The van der Waals surface area contributed by atoms with Gasteiger partial charge in [-0.3, -0.25) is 4.79 Å². The zero-order valence-electron chi connectivity index (χ0n) is 13.4. The van der Waals surface area contributed by atoms with Gasteiger partial charge < -0.3 is 14.3 Å². The van der Waals surface area contributed by atoms with E-state index in [1.165, 1.54) is 11.8 Å². The van der Waals surface area contributed by atoms with Gasteiger partial charge in [0.25, 0.3) is 0 Å². The number of nitrogens with zero attached hydrogens (tertiary/aromatic N) is 3. The van der Waals surface area contributed by atoms with Crippen LogP contribution in [0.5, 0.6) is 0 Å². The average Bonchev–Trinajstić information content (AvgIpc) is 3.03. The summed E-state index contributed by atoms with van der Waals surface area (Å²) in [6.45, 7) is 6.02. The monoisotopic (exact) mass is 322 g/mol. The van der Waals surface area contributed by atoms with Gasteiger partial charge in [-0.05, 0) is 26.3 Å². The van der Waals surface area contributed by atoms with E-state index in [0.29, 0.717) is 10.9 Å². The normalized spacial score (nSPS) is 12.4. The van der Waals surface area contributed by atoms with E-state index in [9.17, 15) is 4.79 Å². The van der Waals surface area contributed by atoms with Gasteiger partial charge in [-0.2, -0.15) is 0 Å². The molecule has 1 atom stereocenters. The van der Waals surface area contributed by atoms with E-state index in [2.05, 4.69) is 22.4 Å². The Morgan fingerprint density at radius 1 is 1.50 bits per heavy atom. The number of thioether (sulfide) groups is 1. The second kappa shape index (κ2) is 7.49. The van der Waals surface area contributed by atoms with Crippen LogP contribution in [0, 0.1) is 6.92 Å². The summed E-state index contributed by atoms with van der Waals surface area (Å²) < 4.78 is 7.18. The highest BCUT2D eigenvalue weighted by Crippen LogP contribution is 2.25. The van der Waals surface area contributed by atoms with Gasteiger partial charge in [0.05, 0.1) is 17.6 Å². The van der Waals surface area contributed by atoms with E-state index in [0.717, 1.165) is 30.0 Å². The number of nitrogens with one attached hydrogen (secondary N) is 1. The number of rotatable bonds is 7. The minimum atomic E-state index is 0.0231. The second-order valence-corrected chi connectivity index (χ2v) is 6.24. The van der Waals surface area contributed by atoms with Gasteiger partial charge in [-0.1, -0.05) is 25.1 Å². The van der Waals surface area contributed by atoms with Crippen LogP contribution in [0.3, 0.4) is 0 Å². The van der Waals surface area contributed by atoms with Gasteiger partial charge >= 0.3 is 0 Å². The van der Waals surface area contributed by atoms with Crippen LogP contribution in [0.1, 0.15) is 32.4 Å². The topological polar surface area (TPSA) is 73.0 Å². The summed E-state index contributed by atoms with van der Waals surface area (Å²) >= 11 is 1.39. The van der Waals surface area contributed by atoms with Gasteiger partial charge in [0.15, 0.2) is 11.0 Å². The van der Waals surface area contributed by atoms with Crippen molar-refractivity contribution >= 4 is 17.7 Å². The molecule has 0 saturated heterocycles. The first-order chi connectivity index (χ1) is 10.5. The Balaban J connectivity index is 1.96. The number of hydrogen-bond donors (Lipinski definition) is 1. The largest absolute Gasteiger partial charge is 0.469 e. The molecule has 0 aliphatic rings. The Hall–Kier alpha value is -1.76. The lowest BCUT2D eigenvalue weighted by atomic mass is 10.2. The molecule has 0 saturated carbocycles. The lowest BCUT2D eigenvalue weighted by Gasteiger charge is -2.12. The van der Waals surface area contributed by atoms with Crippen molar-refractivity contribution in [2.75, 3.05) is 5.75 Å². The van der Waals surface area contributed by atoms with Crippen molar-refractivity contribution in [3.8, 4) is 11.4 Å². The van der Waals surface area contributed by atoms with Gasteiger partial charge in [-0.15, -0.1) is 10.2 Å². The van der Waals surface area contributed by atoms with Crippen LogP contribution in [0.15, 0.2) is 21.9 Å². The zero-order valence-corrected chi connectivity index (χ0v) is 14.2. The summed E-state index contributed by atoms with van der Waals surface area (Å²) in [6, 6.07) is 2.08. The molecule has 0 fully saturated rings. The molecule has 2 aromatic rings. The van der Waals surface area contributed by atoms with Crippen LogP contribution in [-0.4, -0.2) is 32.5 Å². The fourth-order valence-electron chi connectivity index (χ4n) is 2.24. The molecule has 2 aromatic heterocycles. The molecule has 2 rings (SSSR count). The molecule has 1 N–H and O–H groups in total. The summed E-state index contributed by atoms with van der Waals surface area (Å²) in [7, 11) is 1.89.